The van der Waals surface area contributed by atoms with E-state index in [4.69, 9.17) is 0 Å². The summed E-state index contributed by atoms with van der Waals surface area (Å²) in [5.74, 6) is 0. The summed E-state index contributed by atoms with van der Waals surface area (Å²) >= 11 is 0. The molecule has 228 valence electrons. The Morgan fingerprint density at radius 2 is 0.571 bits per heavy atom. The van der Waals surface area contributed by atoms with E-state index in [1.165, 1.54) is 76.1 Å². The fraction of sp³-hybridized carbons (Fsp3) is 0. The molecule has 0 fully saturated rings. The lowest BCUT2D eigenvalue weighted by molar-refractivity contribution is 1.29. The van der Waals surface area contributed by atoms with Gasteiger partial charge in [0.05, 0.1) is 0 Å². The van der Waals surface area contributed by atoms with Crippen molar-refractivity contribution in [3.05, 3.63) is 188 Å². The van der Waals surface area contributed by atoms with E-state index in [1.54, 1.807) is 0 Å². The highest BCUT2D eigenvalue weighted by atomic mass is 15.1. The van der Waals surface area contributed by atoms with E-state index in [0.717, 1.165) is 17.1 Å². The number of nitrogens with zero attached hydrogens (tertiary/aromatic N) is 1. The van der Waals surface area contributed by atoms with Gasteiger partial charge in [-0.25, -0.2) is 0 Å². The number of anilines is 3. The molecule has 0 aromatic heterocycles. The second-order valence-corrected chi connectivity index (χ2v) is 12.9. The van der Waals surface area contributed by atoms with Crippen molar-refractivity contribution in [1.82, 2.24) is 0 Å². The lowest BCUT2D eigenvalue weighted by atomic mass is 9.86. The van der Waals surface area contributed by atoms with Gasteiger partial charge in [0.25, 0.3) is 0 Å². The van der Waals surface area contributed by atoms with E-state index in [-0.39, 0.29) is 0 Å². The molecule has 0 saturated carbocycles. The fourth-order valence-electron chi connectivity index (χ4n) is 7.94. The van der Waals surface area contributed by atoms with Crippen LogP contribution in [-0.2, 0) is 0 Å². The van der Waals surface area contributed by atoms with Crippen LogP contribution < -0.4 is 4.90 Å². The molecule has 10 aromatic rings. The number of hydrogen-bond donors (Lipinski definition) is 0. The maximum Gasteiger partial charge on any atom is 0.0468 e. The zero-order valence-corrected chi connectivity index (χ0v) is 26.8. The van der Waals surface area contributed by atoms with Crippen LogP contribution in [0.4, 0.5) is 17.1 Å². The van der Waals surface area contributed by atoms with Crippen LogP contribution >= 0.6 is 0 Å². The van der Waals surface area contributed by atoms with E-state index in [1.807, 2.05) is 0 Å². The van der Waals surface area contributed by atoms with Crippen molar-refractivity contribution in [3.8, 4) is 22.3 Å². The molecule has 0 aliphatic heterocycles. The fourth-order valence-corrected chi connectivity index (χ4v) is 7.94. The van der Waals surface area contributed by atoms with E-state index >= 15 is 0 Å². The van der Waals surface area contributed by atoms with Gasteiger partial charge in [-0.15, -0.1) is 0 Å². The molecule has 1 nitrogen and oxygen atoms in total. The first kappa shape index (κ1) is 27.7. The maximum absolute atomic E-state index is 2.40. The second kappa shape index (κ2) is 11.1. The van der Waals surface area contributed by atoms with Crippen LogP contribution in [0, 0.1) is 0 Å². The highest BCUT2D eigenvalue weighted by Gasteiger charge is 2.19. The molecule has 0 heterocycles. The minimum Gasteiger partial charge on any atom is -0.310 e. The molecule has 0 spiro atoms. The standard InChI is InChI=1S/C48H31N/c1-3-11-32(12-4-1)34-21-25-36(26-22-34)49(37-27-23-35(24-28-37)33-13-5-2-6-14-33)38-29-30-41-44-19-9-17-42-39-15-7-8-16-40(39)43-18-10-20-45(46(41)31-38)48(43)47(42)44/h1-31H. The van der Waals surface area contributed by atoms with Crippen molar-refractivity contribution < 1.29 is 0 Å². The van der Waals surface area contributed by atoms with Gasteiger partial charge in [-0.1, -0.05) is 152 Å². The smallest absolute Gasteiger partial charge is 0.0468 e. The molecule has 10 rings (SSSR count). The summed E-state index contributed by atoms with van der Waals surface area (Å²) in [7, 11) is 0. The van der Waals surface area contributed by atoms with Gasteiger partial charge in [-0.3, -0.25) is 0 Å². The Hall–Kier alpha value is -6.44. The molecular weight excluding hydrogens is 591 g/mol. The number of benzene rings is 10. The Bertz CT molecular complexity index is 2700. The van der Waals surface area contributed by atoms with Gasteiger partial charge in [0, 0.05) is 17.1 Å². The average molecular weight is 622 g/mol. The van der Waals surface area contributed by atoms with Crippen molar-refractivity contribution in [2.45, 2.75) is 0 Å². The molecule has 10 aromatic carbocycles. The van der Waals surface area contributed by atoms with Crippen molar-refractivity contribution in [2.24, 2.45) is 0 Å². The summed E-state index contributed by atoms with van der Waals surface area (Å²) in [6.07, 6.45) is 0. The van der Waals surface area contributed by atoms with Crippen molar-refractivity contribution in [2.75, 3.05) is 4.90 Å². The van der Waals surface area contributed by atoms with Gasteiger partial charge in [0.1, 0.15) is 0 Å². The average Bonchev–Trinajstić information content (AvgIpc) is 3.19. The van der Waals surface area contributed by atoms with Crippen molar-refractivity contribution >= 4 is 70.9 Å². The third-order valence-corrected chi connectivity index (χ3v) is 10.2. The van der Waals surface area contributed by atoms with Crippen LogP contribution in [0.1, 0.15) is 0 Å². The zero-order chi connectivity index (χ0) is 32.3. The predicted molar refractivity (Wildman–Crippen MR) is 211 cm³/mol. The largest absolute Gasteiger partial charge is 0.310 e. The number of hydrogen-bond acceptors (Lipinski definition) is 1. The van der Waals surface area contributed by atoms with E-state index in [0.29, 0.717) is 0 Å². The summed E-state index contributed by atoms with van der Waals surface area (Å²) in [4.78, 5) is 2.39. The van der Waals surface area contributed by atoms with Gasteiger partial charge < -0.3 is 4.90 Å². The van der Waals surface area contributed by atoms with Crippen LogP contribution in [-0.4, -0.2) is 0 Å². The van der Waals surface area contributed by atoms with Crippen LogP contribution in [0.15, 0.2) is 188 Å². The van der Waals surface area contributed by atoms with Gasteiger partial charge in [0.15, 0.2) is 0 Å². The Kier molecular flexibility index (Phi) is 6.25. The molecule has 49 heavy (non-hydrogen) atoms. The highest BCUT2D eigenvalue weighted by molar-refractivity contribution is 6.40. The van der Waals surface area contributed by atoms with Crippen molar-refractivity contribution in [1.29, 1.82) is 0 Å². The minimum absolute atomic E-state index is 1.12. The molecule has 0 unspecified atom stereocenters. The molecule has 0 aliphatic carbocycles. The topological polar surface area (TPSA) is 3.24 Å². The SMILES string of the molecule is c1ccc(-c2ccc(N(c3ccc(-c4ccccc4)cc3)c3ccc4c(c3)c3cccc5c6ccccc6c6cccc4c6c53)cc2)cc1. The van der Waals surface area contributed by atoms with Gasteiger partial charge in [-0.05, 0) is 113 Å². The third kappa shape index (κ3) is 4.40. The Morgan fingerprint density at radius 3 is 1.04 bits per heavy atom. The Labute approximate surface area is 285 Å². The molecule has 0 saturated heterocycles. The summed E-state index contributed by atoms with van der Waals surface area (Å²) in [5, 5.41) is 13.1. The zero-order valence-electron chi connectivity index (χ0n) is 26.8. The molecule has 0 radical (unpaired) electrons. The molecule has 0 N–H and O–H groups in total. The third-order valence-electron chi connectivity index (χ3n) is 10.2. The number of fused-ring (bicyclic) bond motifs is 6. The first-order chi connectivity index (χ1) is 24.3. The maximum atomic E-state index is 2.40. The predicted octanol–water partition coefficient (Wildman–Crippen LogP) is 13.7. The monoisotopic (exact) mass is 621 g/mol. The molecule has 0 atom stereocenters. The van der Waals surface area contributed by atoms with Crippen LogP contribution in [0.3, 0.4) is 0 Å². The highest BCUT2D eigenvalue weighted by Crippen LogP contribution is 2.46. The lowest BCUT2D eigenvalue weighted by Gasteiger charge is -2.27. The molecule has 0 amide bonds. The van der Waals surface area contributed by atoms with Crippen LogP contribution in [0.25, 0.3) is 76.1 Å². The molecular formula is C48H31N. The quantitative estimate of drug-likeness (QED) is 0.136. The lowest BCUT2D eigenvalue weighted by Crippen LogP contribution is -2.10. The first-order valence-electron chi connectivity index (χ1n) is 16.9. The summed E-state index contributed by atoms with van der Waals surface area (Å²) < 4.78 is 0. The summed E-state index contributed by atoms with van der Waals surface area (Å²) in [6.45, 7) is 0. The van der Waals surface area contributed by atoms with Crippen LogP contribution in [0.2, 0.25) is 0 Å². The summed E-state index contributed by atoms with van der Waals surface area (Å²) in [6, 6.07) is 68.6. The van der Waals surface area contributed by atoms with Crippen molar-refractivity contribution in [3.63, 3.8) is 0 Å². The number of rotatable bonds is 5. The van der Waals surface area contributed by atoms with Crippen LogP contribution in [0.5, 0.6) is 0 Å². The Balaban J connectivity index is 1.21. The van der Waals surface area contributed by atoms with E-state index in [2.05, 4.69) is 193 Å². The van der Waals surface area contributed by atoms with Gasteiger partial charge in [0.2, 0.25) is 0 Å². The second-order valence-electron chi connectivity index (χ2n) is 12.9. The molecule has 0 bridgehead atoms. The van der Waals surface area contributed by atoms with E-state index in [9.17, 15) is 0 Å². The molecule has 1 heteroatoms. The minimum atomic E-state index is 1.12. The van der Waals surface area contributed by atoms with Gasteiger partial charge in [-0.2, -0.15) is 0 Å². The van der Waals surface area contributed by atoms with E-state index < -0.39 is 0 Å². The summed E-state index contributed by atoms with van der Waals surface area (Å²) in [5.41, 5.74) is 8.22. The normalized spacial score (nSPS) is 11.7. The van der Waals surface area contributed by atoms with Gasteiger partial charge >= 0.3 is 0 Å². The molecule has 0 aliphatic rings. The first-order valence-corrected chi connectivity index (χ1v) is 16.9. The Morgan fingerprint density at radius 1 is 0.224 bits per heavy atom.